The standard InChI is InChI=1S/C23H20N2O/c1-17-21(18-8-4-2-5-9-18)13-12-20(23(17)26)16-25-15-14-22(24-25)19-10-6-3-7-11-19/h2-15,26H,16H2,1H3. The van der Waals surface area contributed by atoms with Gasteiger partial charge in [0.2, 0.25) is 0 Å². The molecule has 4 rings (SSSR count). The molecule has 0 aliphatic heterocycles. The van der Waals surface area contributed by atoms with Gasteiger partial charge in [0.1, 0.15) is 5.75 Å². The first kappa shape index (κ1) is 16.2. The Labute approximate surface area is 153 Å². The van der Waals surface area contributed by atoms with E-state index >= 15 is 0 Å². The van der Waals surface area contributed by atoms with Crippen LogP contribution in [-0.4, -0.2) is 14.9 Å². The van der Waals surface area contributed by atoms with Crippen molar-refractivity contribution in [2.24, 2.45) is 0 Å². The zero-order valence-corrected chi connectivity index (χ0v) is 14.6. The molecule has 3 aromatic carbocycles. The van der Waals surface area contributed by atoms with E-state index in [9.17, 15) is 5.11 Å². The second-order valence-electron chi connectivity index (χ2n) is 6.38. The monoisotopic (exact) mass is 340 g/mol. The summed E-state index contributed by atoms with van der Waals surface area (Å²) in [6.07, 6.45) is 1.95. The maximum atomic E-state index is 10.7. The molecule has 1 heterocycles. The van der Waals surface area contributed by atoms with Crippen molar-refractivity contribution in [3.8, 4) is 28.1 Å². The summed E-state index contributed by atoms with van der Waals surface area (Å²) < 4.78 is 1.86. The molecule has 0 radical (unpaired) electrons. The van der Waals surface area contributed by atoms with Crippen LogP contribution in [0.25, 0.3) is 22.4 Å². The van der Waals surface area contributed by atoms with Gasteiger partial charge in [0.15, 0.2) is 0 Å². The van der Waals surface area contributed by atoms with E-state index in [1.807, 2.05) is 78.5 Å². The minimum Gasteiger partial charge on any atom is -0.507 e. The Morgan fingerprint density at radius 2 is 1.46 bits per heavy atom. The van der Waals surface area contributed by atoms with Crippen LogP contribution in [-0.2, 0) is 6.54 Å². The highest BCUT2D eigenvalue weighted by Crippen LogP contribution is 2.32. The van der Waals surface area contributed by atoms with Crippen molar-refractivity contribution in [2.45, 2.75) is 13.5 Å². The molecule has 0 amide bonds. The number of phenols is 1. The Balaban J connectivity index is 1.62. The Bertz CT molecular complexity index is 1020. The predicted molar refractivity (Wildman–Crippen MR) is 105 cm³/mol. The van der Waals surface area contributed by atoms with E-state index < -0.39 is 0 Å². The Morgan fingerprint density at radius 3 is 2.15 bits per heavy atom. The number of phenolic OH excluding ortho intramolecular Hbond substituents is 1. The average molecular weight is 340 g/mol. The molecular weight excluding hydrogens is 320 g/mol. The molecule has 0 aliphatic rings. The van der Waals surface area contributed by atoms with Crippen molar-refractivity contribution in [2.75, 3.05) is 0 Å². The molecular formula is C23H20N2O. The van der Waals surface area contributed by atoms with Gasteiger partial charge in [0, 0.05) is 17.3 Å². The van der Waals surface area contributed by atoms with Crippen LogP contribution in [0.3, 0.4) is 0 Å². The summed E-state index contributed by atoms with van der Waals surface area (Å²) in [6, 6.07) is 26.3. The Kier molecular flexibility index (Phi) is 4.28. The molecule has 0 atom stereocenters. The van der Waals surface area contributed by atoms with Gasteiger partial charge in [-0.3, -0.25) is 4.68 Å². The van der Waals surface area contributed by atoms with Crippen LogP contribution in [0.15, 0.2) is 85.1 Å². The fourth-order valence-corrected chi connectivity index (χ4v) is 3.20. The van der Waals surface area contributed by atoms with E-state index in [1.165, 1.54) is 0 Å². The topological polar surface area (TPSA) is 38.0 Å². The fourth-order valence-electron chi connectivity index (χ4n) is 3.20. The van der Waals surface area contributed by atoms with Crippen molar-refractivity contribution >= 4 is 0 Å². The first-order chi connectivity index (χ1) is 12.7. The summed E-state index contributed by atoms with van der Waals surface area (Å²) >= 11 is 0. The highest BCUT2D eigenvalue weighted by atomic mass is 16.3. The maximum Gasteiger partial charge on any atom is 0.124 e. The smallest absolute Gasteiger partial charge is 0.124 e. The summed E-state index contributed by atoms with van der Waals surface area (Å²) in [5.41, 5.74) is 5.94. The second-order valence-corrected chi connectivity index (χ2v) is 6.38. The molecule has 3 nitrogen and oxygen atoms in total. The third-order valence-corrected chi connectivity index (χ3v) is 4.64. The molecule has 0 saturated carbocycles. The van der Waals surface area contributed by atoms with E-state index in [-0.39, 0.29) is 0 Å². The van der Waals surface area contributed by atoms with Crippen molar-refractivity contribution in [1.29, 1.82) is 0 Å². The molecule has 0 bridgehead atoms. The van der Waals surface area contributed by atoms with E-state index in [4.69, 9.17) is 0 Å². The number of rotatable bonds is 4. The first-order valence-electron chi connectivity index (χ1n) is 8.68. The number of hydrogen-bond acceptors (Lipinski definition) is 2. The number of aromatic nitrogens is 2. The van der Waals surface area contributed by atoms with Crippen molar-refractivity contribution in [1.82, 2.24) is 9.78 Å². The van der Waals surface area contributed by atoms with Gasteiger partial charge in [0.25, 0.3) is 0 Å². The van der Waals surface area contributed by atoms with Gasteiger partial charge in [0.05, 0.1) is 12.2 Å². The SMILES string of the molecule is Cc1c(-c2ccccc2)ccc(Cn2ccc(-c3ccccc3)n2)c1O. The van der Waals surface area contributed by atoms with Crippen molar-refractivity contribution in [3.05, 3.63) is 96.2 Å². The second kappa shape index (κ2) is 6.89. The van der Waals surface area contributed by atoms with Crippen LogP contribution in [0.5, 0.6) is 5.75 Å². The third kappa shape index (κ3) is 3.11. The van der Waals surface area contributed by atoms with E-state index in [0.717, 1.165) is 33.5 Å². The molecule has 0 spiro atoms. The summed E-state index contributed by atoms with van der Waals surface area (Å²) in [5, 5.41) is 15.3. The zero-order chi connectivity index (χ0) is 17.9. The molecule has 0 fully saturated rings. The third-order valence-electron chi connectivity index (χ3n) is 4.64. The lowest BCUT2D eigenvalue weighted by Gasteiger charge is -2.12. The molecule has 128 valence electrons. The van der Waals surface area contributed by atoms with Crippen LogP contribution >= 0.6 is 0 Å². The van der Waals surface area contributed by atoms with Crippen LogP contribution in [0.4, 0.5) is 0 Å². The molecule has 1 N–H and O–H groups in total. The van der Waals surface area contributed by atoms with Crippen molar-refractivity contribution in [3.63, 3.8) is 0 Å². The molecule has 0 unspecified atom stereocenters. The lowest BCUT2D eigenvalue weighted by atomic mass is 9.97. The first-order valence-corrected chi connectivity index (χ1v) is 8.68. The average Bonchev–Trinajstić information content (AvgIpc) is 3.16. The molecule has 0 aliphatic carbocycles. The summed E-state index contributed by atoms with van der Waals surface area (Å²) in [7, 11) is 0. The minimum atomic E-state index is 0.336. The van der Waals surface area contributed by atoms with Gasteiger partial charge in [-0.05, 0) is 29.7 Å². The van der Waals surface area contributed by atoms with Gasteiger partial charge in [-0.2, -0.15) is 5.10 Å². The number of hydrogen-bond donors (Lipinski definition) is 1. The maximum absolute atomic E-state index is 10.7. The van der Waals surface area contributed by atoms with Gasteiger partial charge >= 0.3 is 0 Å². The fraction of sp³-hybridized carbons (Fsp3) is 0.0870. The van der Waals surface area contributed by atoms with E-state index in [1.54, 1.807) is 0 Å². The molecule has 3 heteroatoms. The van der Waals surface area contributed by atoms with Crippen LogP contribution < -0.4 is 0 Å². The zero-order valence-electron chi connectivity index (χ0n) is 14.6. The van der Waals surface area contributed by atoms with Gasteiger partial charge < -0.3 is 5.11 Å². The summed E-state index contributed by atoms with van der Waals surface area (Å²) in [5.74, 6) is 0.336. The molecule has 26 heavy (non-hydrogen) atoms. The highest BCUT2D eigenvalue weighted by Gasteiger charge is 2.11. The molecule has 4 aromatic rings. The Hall–Kier alpha value is -3.33. The predicted octanol–water partition coefficient (Wildman–Crippen LogP) is 5.28. The minimum absolute atomic E-state index is 0.336. The number of nitrogens with zero attached hydrogens (tertiary/aromatic N) is 2. The largest absolute Gasteiger partial charge is 0.507 e. The number of benzene rings is 3. The van der Waals surface area contributed by atoms with E-state index in [2.05, 4.69) is 23.3 Å². The highest BCUT2D eigenvalue weighted by molar-refractivity contribution is 5.70. The van der Waals surface area contributed by atoms with Crippen LogP contribution in [0.1, 0.15) is 11.1 Å². The normalized spacial score (nSPS) is 10.8. The summed E-state index contributed by atoms with van der Waals surface area (Å²) in [4.78, 5) is 0. The number of aromatic hydroxyl groups is 1. The molecule has 1 aromatic heterocycles. The Morgan fingerprint density at radius 1 is 0.808 bits per heavy atom. The lowest BCUT2D eigenvalue weighted by molar-refractivity contribution is 0.460. The van der Waals surface area contributed by atoms with Crippen molar-refractivity contribution < 1.29 is 5.11 Å². The van der Waals surface area contributed by atoms with Gasteiger partial charge in [-0.1, -0.05) is 72.8 Å². The quantitative estimate of drug-likeness (QED) is 0.549. The van der Waals surface area contributed by atoms with Crippen LogP contribution in [0, 0.1) is 6.92 Å². The van der Waals surface area contributed by atoms with Crippen LogP contribution in [0.2, 0.25) is 0 Å². The molecule has 0 saturated heterocycles. The van der Waals surface area contributed by atoms with Gasteiger partial charge in [-0.15, -0.1) is 0 Å². The van der Waals surface area contributed by atoms with E-state index in [0.29, 0.717) is 12.3 Å². The summed E-state index contributed by atoms with van der Waals surface area (Å²) in [6.45, 7) is 2.49. The van der Waals surface area contributed by atoms with Gasteiger partial charge in [-0.25, -0.2) is 0 Å². The lowest BCUT2D eigenvalue weighted by Crippen LogP contribution is -2.02.